The maximum Gasteiger partial charge on any atom is 0.272 e. The molecule has 5 rings (SSSR count). The minimum absolute atomic E-state index is 0.0932. The number of fused-ring (bicyclic) bond motifs is 2. The zero-order valence-corrected chi connectivity index (χ0v) is 15.1. The fraction of sp³-hybridized carbons (Fsp3) is 0.300. The van der Waals surface area contributed by atoms with Gasteiger partial charge in [-0.2, -0.15) is 5.10 Å². The van der Waals surface area contributed by atoms with Crippen LogP contribution in [0.3, 0.4) is 0 Å². The molecule has 0 spiro atoms. The lowest BCUT2D eigenvalue weighted by atomic mass is 9.93. The SMILES string of the molecule is Cn1nc(C(=O)NC2CCC2)c2ccc(NC3=NCc4cccnc43)cc21. The standard InChI is InChI=1S/C20H20N6O/c1-26-16-10-14(23-19-17-12(11-22-19)4-3-9-21-17)7-8-15(16)18(25-26)20(27)24-13-5-2-6-13/h3-4,7-10,13H,2,5-6,11H2,1H3,(H,22,23)(H,24,27). The van der Waals surface area contributed by atoms with Crippen LogP contribution < -0.4 is 10.6 Å². The van der Waals surface area contributed by atoms with Gasteiger partial charge in [-0.05, 0) is 43.5 Å². The second kappa shape index (κ2) is 6.19. The maximum absolute atomic E-state index is 12.5. The number of benzene rings is 1. The Labute approximate surface area is 156 Å². The molecule has 7 heteroatoms. The summed E-state index contributed by atoms with van der Waals surface area (Å²) >= 11 is 0. The molecule has 3 heterocycles. The highest BCUT2D eigenvalue weighted by Gasteiger charge is 2.23. The molecule has 0 radical (unpaired) electrons. The fourth-order valence-corrected chi connectivity index (χ4v) is 3.56. The van der Waals surface area contributed by atoms with Gasteiger partial charge in [0.1, 0.15) is 5.69 Å². The molecule has 0 bridgehead atoms. The highest BCUT2D eigenvalue weighted by molar-refractivity contribution is 6.11. The van der Waals surface area contributed by atoms with Gasteiger partial charge in [-0.25, -0.2) is 0 Å². The van der Waals surface area contributed by atoms with E-state index in [0.29, 0.717) is 18.3 Å². The number of carbonyl (C=O) groups excluding carboxylic acids is 1. The Hall–Kier alpha value is -3.22. The zero-order chi connectivity index (χ0) is 18.4. The molecule has 2 aliphatic rings. The molecule has 1 aliphatic carbocycles. The molecule has 1 fully saturated rings. The number of pyridine rings is 1. The van der Waals surface area contributed by atoms with E-state index < -0.39 is 0 Å². The quantitative estimate of drug-likeness (QED) is 0.752. The number of nitrogens with one attached hydrogen (secondary N) is 2. The molecule has 27 heavy (non-hydrogen) atoms. The van der Waals surface area contributed by atoms with Gasteiger partial charge in [0.15, 0.2) is 11.5 Å². The number of hydrogen-bond acceptors (Lipinski definition) is 5. The van der Waals surface area contributed by atoms with Gasteiger partial charge in [0.05, 0.1) is 12.1 Å². The third-order valence-corrected chi connectivity index (χ3v) is 5.29. The molecular weight excluding hydrogens is 340 g/mol. The highest BCUT2D eigenvalue weighted by Crippen LogP contribution is 2.25. The van der Waals surface area contributed by atoms with E-state index in [-0.39, 0.29) is 5.91 Å². The maximum atomic E-state index is 12.5. The van der Waals surface area contributed by atoms with Crippen LogP contribution in [0.1, 0.15) is 41.0 Å². The number of hydrogen-bond donors (Lipinski definition) is 2. The number of aromatic nitrogens is 3. The van der Waals surface area contributed by atoms with Crippen molar-refractivity contribution >= 4 is 28.3 Å². The predicted octanol–water partition coefficient (Wildman–Crippen LogP) is 2.62. The summed E-state index contributed by atoms with van der Waals surface area (Å²) in [4.78, 5) is 21.5. The van der Waals surface area contributed by atoms with E-state index in [1.54, 1.807) is 10.9 Å². The lowest BCUT2D eigenvalue weighted by Crippen LogP contribution is -2.39. The van der Waals surface area contributed by atoms with Crippen LogP contribution in [0.15, 0.2) is 41.5 Å². The summed E-state index contributed by atoms with van der Waals surface area (Å²) in [5, 5.41) is 11.7. The van der Waals surface area contributed by atoms with Crippen LogP contribution in [0, 0.1) is 0 Å². The number of amidine groups is 1. The number of aryl methyl sites for hydroxylation is 1. The van der Waals surface area contributed by atoms with Gasteiger partial charge in [-0.3, -0.25) is 19.5 Å². The number of nitrogens with zero attached hydrogens (tertiary/aromatic N) is 4. The number of anilines is 1. The molecule has 7 nitrogen and oxygen atoms in total. The lowest BCUT2D eigenvalue weighted by Gasteiger charge is -2.25. The van der Waals surface area contributed by atoms with Crippen LogP contribution >= 0.6 is 0 Å². The van der Waals surface area contributed by atoms with Gasteiger partial charge in [0.25, 0.3) is 5.91 Å². The molecule has 1 saturated carbocycles. The number of rotatable bonds is 3. The van der Waals surface area contributed by atoms with Gasteiger partial charge in [0.2, 0.25) is 0 Å². The van der Waals surface area contributed by atoms with E-state index in [9.17, 15) is 4.79 Å². The molecule has 2 aromatic heterocycles. The van der Waals surface area contributed by atoms with Crippen LogP contribution in [0.2, 0.25) is 0 Å². The van der Waals surface area contributed by atoms with Gasteiger partial charge >= 0.3 is 0 Å². The molecule has 2 N–H and O–H groups in total. The average molecular weight is 360 g/mol. The Morgan fingerprint density at radius 1 is 1.26 bits per heavy atom. The summed E-state index contributed by atoms with van der Waals surface area (Å²) in [6, 6.07) is 10.1. The Morgan fingerprint density at radius 3 is 2.96 bits per heavy atom. The molecule has 0 unspecified atom stereocenters. The Bertz CT molecular complexity index is 1080. The molecule has 1 amide bonds. The summed E-state index contributed by atoms with van der Waals surface area (Å²) in [6.45, 7) is 0.644. The first-order chi connectivity index (χ1) is 13.2. The summed E-state index contributed by atoms with van der Waals surface area (Å²) in [7, 11) is 1.86. The lowest BCUT2D eigenvalue weighted by molar-refractivity contribution is 0.0912. The van der Waals surface area contributed by atoms with Gasteiger partial charge < -0.3 is 10.6 Å². The molecular formula is C20H20N6O. The van der Waals surface area contributed by atoms with Crippen LogP contribution in [0.25, 0.3) is 10.9 Å². The van der Waals surface area contributed by atoms with E-state index in [0.717, 1.165) is 46.5 Å². The first-order valence-corrected chi connectivity index (χ1v) is 9.22. The summed E-state index contributed by atoms with van der Waals surface area (Å²) in [6.07, 6.45) is 5.08. The van der Waals surface area contributed by atoms with Crippen LogP contribution in [-0.4, -0.2) is 32.5 Å². The van der Waals surface area contributed by atoms with Crippen molar-refractivity contribution in [2.24, 2.45) is 12.0 Å². The van der Waals surface area contributed by atoms with Crippen molar-refractivity contribution < 1.29 is 4.79 Å². The molecule has 1 aromatic carbocycles. The molecule has 1 aliphatic heterocycles. The molecule has 136 valence electrons. The van der Waals surface area contributed by atoms with Gasteiger partial charge in [-0.15, -0.1) is 0 Å². The van der Waals surface area contributed by atoms with E-state index in [4.69, 9.17) is 0 Å². The second-order valence-corrected chi connectivity index (χ2v) is 7.11. The van der Waals surface area contributed by atoms with Crippen LogP contribution in [0.4, 0.5) is 5.69 Å². The van der Waals surface area contributed by atoms with Gasteiger partial charge in [-0.1, -0.05) is 6.07 Å². The van der Waals surface area contributed by atoms with E-state index in [2.05, 4.69) is 25.7 Å². The number of carbonyl (C=O) groups is 1. The highest BCUT2D eigenvalue weighted by atomic mass is 16.2. The number of aliphatic imine (C=N–C) groups is 1. The smallest absolute Gasteiger partial charge is 0.272 e. The van der Waals surface area contributed by atoms with Crippen molar-refractivity contribution in [3.8, 4) is 0 Å². The van der Waals surface area contributed by atoms with Crippen molar-refractivity contribution in [3.05, 3.63) is 53.5 Å². The van der Waals surface area contributed by atoms with Crippen molar-refractivity contribution in [2.75, 3.05) is 5.32 Å². The minimum Gasteiger partial charge on any atom is -0.348 e. The third-order valence-electron chi connectivity index (χ3n) is 5.29. The van der Waals surface area contributed by atoms with E-state index in [1.165, 1.54) is 6.42 Å². The normalized spacial score (nSPS) is 16.0. The topological polar surface area (TPSA) is 84.2 Å². The van der Waals surface area contributed by atoms with Crippen molar-refractivity contribution in [1.29, 1.82) is 0 Å². The van der Waals surface area contributed by atoms with Crippen molar-refractivity contribution in [1.82, 2.24) is 20.1 Å². The van der Waals surface area contributed by atoms with Crippen LogP contribution in [-0.2, 0) is 13.6 Å². The van der Waals surface area contributed by atoms with E-state index in [1.807, 2.05) is 37.4 Å². The summed E-state index contributed by atoms with van der Waals surface area (Å²) in [5.41, 5.74) is 4.29. The van der Waals surface area contributed by atoms with Gasteiger partial charge in [0, 0.05) is 35.9 Å². The summed E-state index contributed by atoms with van der Waals surface area (Å²) in [5.74, 6) is 0.680. The van der Waals surface area contributed by atoms with Crippen LogP contribution in [0.5, 0.6) is 0 Å². The van der Waals surface area contributed by atoms with Crippen molar-refractivity contribution in [2.45, 2.75) is 31.8 Å². The van der Waals surface area contributed by atoms with Crippen molar-refractivity contribution in [3.63, 3.8) is 0 Å². The summed E-state index contributed by atoms with van der Waals surface area (Å²) < 4.78 is 1.75. The minimum atomic E-state index is -0.0932. The first-order valence-electron chi connectivity index (χ1n) is 9.22. The Kier molecular flexibility index (Phi) is 3.67. The second-order valence-electron chi connectivity index (χ2n) is 7.11. The number of amides is 1. The largest absolute Gasteiger partial charge is 0.348 e. The average Bonchev–Trinajstić information content (AvgIpc) is 3.20. The fourth-order valence-electron chi connectivity index (χ4n) is 3.56. The predicted molar refractivity (Wildman–Crippen MR) is 104 cm³/mol. The monoisotopic (exact) mass is 360 g/mol. The first kappa shape index (κ1) is 16.0. The van der Waals surface area contributed by atoms with E-state index >= 15 is 0 Å². The zero-order valence-electron chi connectivity index (χ0n) is 15.1. The third kappa shape index (κ3) is 2.75. The molecule has 3 aromatic rings. The molecule has 0 saturated heterocycles. The Morgan fingerprint density at radius 2 is 2.15 bits per heavy atom. The Balaban J connectivity index is 1.43. The molecule has 0 atom stereocenters.